The summed E-state index contributed by atoms with van der Waals surface area (Å²) in [6.07, 6.45) is 0. The number of aromatic nitrogens is 3. The van der Waals surface area contributed by atoms with Crippen LogP contribution in [0.5, 0.6) is 5.75 Å². The number of benzene rings is 2. The van der Waals surface area contributed by atoms with Crippen LogP contribution in [0.2, 0.25) is 0 Å². The Morgan fingerprint density at radius 1 is 1.12 bits per heavy atom. The summed E-state index contributed by atoms with van der Waals surface area (Å²) in [6.45, 7) is 2.02. The number of nitrogens with zero attached hydrogens (tertiary/aromatic N) is 2. The monoisotopic (exact) mass is 473 g/mol. The van der Waals surface area contributed by atoms with E-state index in [1.807, 2.05) is 61.5 Å². The number of methoxy groups -OCH3 is 1. The number of carbonyl (C=O) groups excluding carboxylic acids is 1. The highest BCUT2D eigenvalue weighted by Gasteiger charge is 2.32. The molecule has 3 N–H and O–H groups in total. The molecule has 9 heteroatoms. The van der Waals surface area contributed by atoms with E-state index in [-0.39, 0.29) is 16.3 Å². The van der Waals surface area contributed by atoms with Gasteiger partial charge in [-0.3, -0.25) is 9.32 Å². The van der Waals surface area contributed by atoms with Gasteiger partial charge in [-0.2, -0.15) is 0 Å². The van der Waals surface area contributed by atoms with Crippen LogP contribution in [0.1, 0.15) is 20.9 Å². The van der Waals surface area contributed by atoms with Crippen molar-refractivity contribution in [3.63, 3.8) is 0 Å². The zero-order chi connectivity index (χ0) is 24.0. The maximum absolute atomic E-state index is 13.2. The Labute approximate surface area is 198 Å². The number of hydrogen-bond acceptors (Lipinski definition) is 7. The van der Waals surface area contributed by atoms with Gasteiger partial charge in [0.15, 0.2) is 7.05 Å². The second kappa shape index (κ2) is 8.27. The average Bonchev–Trinajstić information content (AvgIpc) is 3.37. The number of anilines is 1. The van der Waals surface area contributed by atoms with Crippen LogP contribution in [0, 0.1) is 6.92 Å². The van der Waals surface area contributed by atoms with E-state index in [0.29, 0.717) is 10.2 Å². The lowest BCUT2D eigenvalue weighted by Gasteiger charge is -2.10. The van der Waals surface area contributed by atoms with Crippen molar-refractivity contribution < 1.29 is 18.7 Å². The number of nitrogen functional groups attached to an aromatic ring is 1. The molecule has 0 fully saturated rings. The number of aromatic amines is 1. The molecule has 34 heavy (non-hydrogen) atoms. The van der Waals surface area contributed by atoms with E-state index in [1.165, 1.54) is 11.7 Å². The third-order valence-electron chi connectivity index (χ3n) is 5.67. The number of rotatable bonds is 5. The third kappa shape index (κ3) is 3.56. The molecular formula is C25H21N4O4S+. The Bertz CT molecular complexity index is 1600. The summed E-state index contributed by atoms with van der Waals surface area (Å²) in [6, 6.07) is 17.6. The van der Waals surface area contributed by atoms with Gasteiger partial charge in [0.1, 0.15) is 15.5 Å². The first-order valence-corrected chi connectivity index (χ1v) is 11.3. The van der Waals surface area contributed by atoms with Gasteiger partial charge < -0.3 is 10.5 Å². The lowest BCUT2D eigenvalue weighted by atomic mass is 9.98. The highest BCUT2D eigenvalue weighted by Crippen LogP contribution is 2.42. The van der Waals surface area contributed by atoms with E-state index in [9.17, 15) is 9.59 Å². The third-order valence-corrected chi connectivity index (χ3v) is 6.77. The lowest BCUT2D eigenvalue weighted by Crippen LogP contribution is -2.39. The molecular weight excluding hydrogens is 452 g/mol. The van der Waals surface area contributed by atoms with Crippen molar-refractivity contribution in [3.05, 3.63) is 81.2 Å². The highest BCUT2D eigenvalue weighted by atomic mass is 32.1. The fourth-order valence-electron chi connectivity index (χ4n) is 3.85. The molecule has 0 saturated heterocycles. The van der Waals surface area contributed by atoms with E-state index in [1.54, 1.807) is 7.11 Å². The van der Waals surface area contributed by atoms with Gasteiger partial charge in [-0.1, -0.05) is 34.5 Å². The summed E-state index contributed by atoms with van der Waals surface area (Å²) in [5.41, 5.74) is 10.5. The Morgan fingerprint density at radius 3 is 2.41 bits per heavy atom. The lowest BCUT2D eigenvalue weighted by molar-refractivity contribution is -0.741. The molecule has 0 radical (unpaired) electrons. The van der Waals surface area contributed by atoms with Crippen LogP contribution >= 0.6 is 11.3 Å². The molecule has 0 bridgehead atoms. The van der Waals surface area contributed by atoms with Crippen LogP contribution in [0.15, 0.2) is 63.9 Å². The van der Waals surface area contributed by atoms with Crippen molar-refractivity contribution in [2.24, 2.45) is 7.05 Å². The molecule has 3 heterocycles. The van der Waals surface area contributed by atoms with Gasteiger partial charge in [0.2, 0.25) is 0 Å². The first-order valence-electron chi connectivity index (χ1n) is 10.4. The molecule has 0 aliphatic heterocycles. The minimum atomic E-state index is -0.755. The van der Waals surface area contributed by atoms with E-state index in [0.717, 1.165) is 45.0 Å². The number of fused-ring (bicyclic) bond motifs is 1. The number of H-pyrrole nitrogens is 1. The summed E-state index contributed by atoms with van der Waals surface area (Å²) in [4.78, 5) is 31.0. The van der Waals surface area contributed by atoms with Crippen LogP contribution in [-0.4, -0.2) is 23.1 Å². The van der Waals surface area contributed by atoms with Gasteiger partial charge in [-0.25, -0.2) is 9.78 Å². The smallest absolute Gasteiger partial charge is 0.438 e. The zero-order valence-corrected chi connectivity index (χ0v) is 19.5. The molecule has 0 aliphatic carbocycles. The Morgan fingerprint density at radius 2 is 1.79 bits per heavy atom. The minimum absolute atomic E-state index is 0.134. The second-order valence-electron chi connectivity index (χ2n) is 7.89. The summed E-state index contributed by atoms with van der Waals surface area (Å²) >= 11 is 1.16. The van der Waals surface area contributed by atoms with E-state index >= 15 is 0 Å². The van der Waals surface area contributed by atoms with Crippen molar-refractivity contribution in [2.75, 3.05) is 12.8 Å². The molecule has 8 nitrogen and oxygen atoms in total. The van der Waals surface area contributed by atoms with E-state index in [2.05, 4.69) is 5.27 Å². The predicted octanol–water partition coefficient (Wildman–Crippen LogP) is 3.87. The molecule has 2 aromatic carbocycles. The Kier molecular flexibility index (Phi) is 5.25. The number of ether oxygens (including phenoxy) is 1. The quantitative estimate of drug-likeness (QED) is 0.296. The van der Waals surface area contributed by atoms with Gasteiger partial charge in [0.05, 0.1) is 18.5 Å². The molecule has 0 saturated carbocycles. The van der Waals surface area contributed by atoms with E-state index in [4.69, 9.17) is 20.0 Å². The van der Waals surface area contributed by atoms with E-state index < -0.39 is 11.4 Å². The fraction of sp³-hybridized carbons (Fsp3) is 0.120. The van der Waals surface area contributed by atoms with Gasteiger partial charge >= 0.3 is 11.3 Å². The van der Waals surface area contributed by atoms with Gasteiger partial charge in [-0.15, -0.1) is 11.3 Å². The van der Waals surface area contributed by atoms with Crippen molar-refractivity contribution in [1.29, 1.82) is 0 Å². The average molecular weight is 474 g/mol. The standard InChI is InChI=1S/C25H20N4O4S/c1-13-4-6-14(7-5-13)17-12-18(15-8-10-16(32-3)11-9-15)27-24-19(17)20(26)23(34-24)22(30)21-25(31)33-28-29(21)2/h4-12H,1-3H3,(H2-,26,28,30,31)/p+1. The largest absolute Gasteiger partial charge is 0.497 e. The van der Waals surface area contributed by atoms with Crippen molar-refractivity contribution in [2.45, 2.75) is 6.92 Å². The molecule has 0 spiro atoms. The Hall–Kier alpha value is -4.24. The maximum Gasteiger partial charge on any atom is 0.438 e. The Balaban J connectivity index is 1.76. The summed E-state index contributed by atoms with van der Waals surface area (Å²) in [5.74, 6) is 0.230. The van der Waals surface area contributed by atoms with Crippen LogP contribution in [0.4, 0.5) is 5.69 Å². The number of hydrogen-bond donors (Lipinski definition) is 2. The number of ketones is 1. The van der Waals surface area contributed by atoms with Crippen molar-refractivity contribution in [1.82, 2.24) is 10.3 Å². The first kappa shape index (κ1) is 21.6. The molecule has 0 atom stereocenters. The van der Waals surface area contributed by atoms with Gasteiger partial charge in [0.25, 0.3) is 5.78 Å². The van der Waals surface area contributed by atoms with Crippen LogP contribution in [0.3, 0.4) is 0 Å². The molecule has 5 aromatic rings. The number of nitrogens with two attached hydrogens (primary N) is 1. The van der Waals surface area contributed by atoms with Crippen molar-refractivity contribution >= 4 is 33.0 Å². The van der Waals surface area contributed by atoms with Crippen LogP contribution < -0.4 is 20.8 Å². The molecule has 3 aromatic heterocycles. The van der Waals surface area contributed by atoms with Gasteiger partial charge in [0, 0.05) is 10.9 Å². The number of pyridine rings is 1. The minimum Gasteiger partial charge on any atom is -0.497 e. The normalized spacial score (nSPS) is 11.1. The molecule has 0 unspecified atom stereocenters. The SMILES string of the molecule is COc1ccc(-c2cc(-c3ccc(C)cc3)c3c(N)c(C(=O)c4c(=O)o[nH][n+]4C)sc3n2)cc1. The number of carbonyl (C=O) groups is 1. The number of aryl methyl sites for hydroxylation is 2. The molecule has 0 amide bonds. The van der Waals surface area contributed by atoms with Crippen molar-refractivity contribution in [3.8, 4) is 28.1 Å². The zero-order valence-electron chi connectivity index (χ0n) is 18.7. The maximum atomic E-state index is 13.2. The molecule has 5 rings (SSSR count). The fourth-order valence-corrected chi connectivity index (χ4v) is 4.91. The molecule has 0 aliphatic rings. The number of nitrogens with one attached hydrogen (secondary N) is 1. The summed E-state index contributed by atoms with van der Waals surface area (Å²) < 4.78 is 11.3. The summed E-state index contributed by atoms with van der Waals surface area (Å²) in [7, 11) is 3.15. The van der Waals surface area contributed by atoms with Crippen LogP contribution in [0.25, 0.3) is 32.6 Å². The predicted molar refractivity (Wildman–Crippen MR) is 130 cm³/mol. The van der Waals surface area contributed by atoms with Crippen LogP contribution in [-0.2, 0) is 7.05 Å². The van der Waals surface area contributed by atoms with Gasteiger partial charge in [-0.05, 0) is 53.7 Å². The highest BCUT2D eigenvalue weighted by molar-refractivity contribution is 7.21. The second-order valence-corrected chi connectivity index (χ2v) is 8.89. The molecule has 170 valence electrons. The number of thiophene rings is 1. The summed E-state index contributed by atoms with van der Waals surface area (Å²) in [5, 5.41) is 3.05. The topological polar surface area (TPSA) is 115 Å². The first-order chi connectivity index (χ1) is 16.4.